The summed E-state index contributed by atoms with van der Waals surface area (Å²) in [7, 11) is 1.81. The van der Waals surface area contributed by atoms with Crippen LogP contribution in [0.1, 0.15) is 36.7 Å². The Morgan fingerprint density at radius 2 is 1.96 bits per heavy atom. The summed E-state index contributed by atoms with van der Waals surface area (Å²) in [6.45, 7) is 8.78. The number of benzene rings is 1. The summed E-state index contributed by atoms with van der Waals surface area (Å²) in [6.07, 6.45) is 0. The Morgan fingerprint density at radius 1 is 1.30 bits per heavy atom. The van der Waals surface area contributed by atoms with Crippen molar-refractivity contribution < 1.29 is 9.59 Å². The van der Waals surface area contributed by atoms with Gasteiger partial charge >= 0.3 is 0 Å². The molecule has 1 saturated heterocycles. The summed E-state index contributed by atoms with van der Waals surface area (Å²) in [5.41, 5.74) is 1.74. The van der Waals surface area contributed by atoms with Crippen molar-refractivity contribution in [2.24, 2.45) is 5.92 Å². The lowest BCUT2D eigenvalue weighted by Gasteiger charge is -2.32. The second-order valence-electron chi connectivity index (χ2n) is 6.65. The number of hydrogen-bond acceptors (Lipinski definition) is 3. The van der Waals surface area contributed by atoms with E-state index in [1.165, 1.54) is 0 Å². The first-order valence-electron chi connectivity index (χ1n) is 8.25. The number of nitrogens with zero attached hydrogens (tertiary/aromatic N) is 2. The average molecular weight is 317 g/mol. The second-order valence-corrected chi connectivity index (χ2v) is 6.65. The minimum absolute atomic E-state index is 0.00412. The number of carbonyl (C=O) groups excluding carboxylic acids is 2. The van der Waals surface area contributed by atoms with Gasteiger partial charge in [0.15, 0.2) is 0 Å². The standard InChI is InChI=1S/C18H27N3O2/c1-13(2)17(22)20(4)12-15-5-7-16(8-6-15)18(23)21-10-9-19-14(3)11-21/h5-8,13-14,19H,9-12H2,1-4H3. The SMILES string of the molecule is CC1CN(C(=O)c2ccc(CN(C)C(=O)C(C)C)cc2)CCN1. The van der Waals surface area contributed by atoms with Crippen LogP contribution in [-0.4, -0.2) is 54.3 Å². The molecule has 5 heteroatoms. The zero-order valence-electron chi connectivity index (χ0n) is 14.5. The molecular formula is C18H27N3O2. The first-order chi connectivity index (χ1) is 10.9. The van der Waals surface area contributed by atoms with Gasteiger partial charge in [-0.1, -0.05) is 26.0 Å². The quantitative estimate of drug-likeness (QED) is 0.920. The van der Waals surface area contributed by atoms with E-state index in [1.807, 2.05) is 50.1 Å². The molecule has 2 rings (SSSR count). The molecule has 1 aliphatic heterocycles. The number of nitrogens with one attached hydrogen (secondary N) is 1. The van der Waals surface area contributed by atoms with Gasteiger partial charge in [0.25, 0.3) is 5.91 Å². The molecule has 1 fully saturated rings. The van der Waals surface area contributed by atoms with Crippen molar-refractivity contribution in [3.63, 3.8) is 0 Å². The van der Waals surface area contributed by atoms with Gasteiger partial charge in [0.2, 0.25) is 5.91 Å². The largest absolute Gasteiger partial charge is 0.341 e. The molecule has 1 aliphatic rings. The van der Waals surface area contributed by atoms with Gasteiger partial charge in [-0.25, -0.2) is 0 Å². The van der Waals surface area contributed by atoms with Crippen molar-refractivity contribution in [3.8, 4) is 0 Å². The Bertz CT molecular complexity index is 554. The number of carbonyl (C=O) groups is 2. The molecule has 2 amide bonds. The zero-order valence-corrected chi connectivity index (χ0v) is 14.5. The van der Waals surface area contributed by atoms with Crippen LogP contribution < -0.4 is 5.32 Å². The molecule has 1 aromatic carbocycles. The lowest BCUT2D eigenvalue weighted by atomic mass is 10.1. The van der Waals surface area contributed by atoms with Gasteiger partial charge in [-0.05, 0) is 24.6 Å². The minimum Gasteiger partial charge on any atom is -0.341 e. The van der Waals surface area contributed by atoms with Gasteiger partial charge in [0.05, 0.1) is 0 Å². The molecule has 5 nitrogen and oxygen atoms in total. The summed E-state index contributed by atoms with van der Waals surface area (Å²) in [6, 6.07) is 7.92. The van der Waals surface area contributed by atoms with E-state index in [2.05, 4.69) is 12.2 Å². The molecule has 1 unspecified atom stereocenters. The Balaban J connectivity index is 1.99. The summed E-state index contributed by atoms with van der Waals surface area (Å²) in [5, 5.41) is 3.34. The van der Waals surface area contributed by atoms with E-state index in [9.17, 15) is 9.59 Å². The molecular weight excluding hydrogens is 290 g/mol. The van der Waals surface area contributed by atoms with Crippen LogP contribution >= 0.6 is 0 Å². The zero-order chi connectivity index (χ0) is 17.0. The van der Waals surface area contributed by atoms with Crippen LogP contribution in [0, 0.1) is 5.92 Å². The molecule has 0 spiro atoms. The predicted octanol–water partition coefficient (Wildman–Crippen LogP) is 1.73. The van der Waals surface area contributed by atoms with Gasteiger partial charge in [-0.2, -0.15) is 0 Å². The molecule has 1 heterocycles. The highest BCUT2D eigenvalue weighted by atomic mass is 16.2. The van der Waals surface area contributed by atoms with Crippen molar-refractivity contribution in [3.05, 3.63) is 35.4 Å². The van der Waals surface area contributed by atoms with E-state index in [-0.39, 0.29) is 17.7 Å². The van der Waals surface area contributed by atoms with Gasteiger partial charge in [0, 0.05) is 50.7 Å². The van der Waals surface area contributed by atoms with Gasteiger partial charge in [0.1, 0.15) is 0 Å². The fraction of sp³-hybridized carbons (Fsp3) is 0.556. The molecule has 0 radical (unpaired) electrons. The fourth-order valence-corrected chi connectivity index (χ4v) is 2.84. The van der Waals surface area contributed by atoms with E-state index < -0.39 is 0 Å². The highest BCUT2D eigenvalue weighted by Crippen LogP contribution is 2.12. The van der Waals surface area contributed by atoms with Gasteiger partial charge < -0.3 is 15.1 Å². The van der Waals surface area contributed by atoms with Crippen LogP contribution in [0.5, 0.6) is 0 Å². The van der Waals surface area contributed by atoms with E-state index in [1.54, 1.807) is 4.90 Å². The molecule has 0 aromatic heterocycles. The van der Waals surface area contributed by atoms with E-state index in [0.717, 1.165) is 25.2 Å². The molecule has 1 atom stereocenters. The number of amides is 2. The predicted molar refractivity (Wildman–Crippen MR) is 91.1 cm³/mol. The normalized spacial score (nSPS) is 18.1. The van der Waals surface area contributed by atoms with E-state index in [0.29, 0.717) is 18.2 Å². The van der Waals surface area contributed by atoms with Crippen LogP contribution in [0.2, 0.25) is 0 Å². The van der Waals surface area contributed by atoms with E-state index in [4.69, 9.17) is 0 Å². The molecule has 0 saturated carbocycles. The monoisotopic (exact) mass is 317 g/mol. The smallest absolute Gasteiger partial charge is 0.253 e. The summed E-state index contributed by atoms with van der Waals surface area (Å²) in [4.78, 5) is 28.0. The van der Waals surface area contributed by atoms with Crippen molar-refractivity contribution in [2.45, 2.75) is 33.4 Å². The van der Waals surface area contributed by atoms with Crippen LogP contribution in [0.4, 0.5) is 0 Å². The molecule has 23 heavy (non-hydrogen) atoms. The lowest BCUT2D eigenvalue weighted by molar-refractivity contribution is -0.133. The molecule has 126 valence electrons. The van der Waals surface area contributed by atoms with Crippen LogP contribution in [0.15, 0.2) is 24.3 Å². The third-order valence-corrected chi connectivity index (χ3v) is 4.15. The number of rotatable bonds is 4. The third-order valence-electron chi connectivity index (χ3n) is 4.15. The van der Waals surface area contributed by atoms with Crippen LogP contribution in [-0.2, 0) is 11.3 Å². The second kappa shape index (κ2) is 7.59. The average Bonchev–Trinajstić information content (AvgIpc) is 2.54. The maximum atomic E-state index is 12.5. The lowest BCUT2D eigenvalue weighted by Crippen LogP contribution is -2.51. The first kappa shape index (κ1) is 17.5. The van der Waals surface area contributed by atoms with Crippen molar-refractivity contribution in [2.75, 3.05) is 26.7 Å². The fourth-order valence-electron chi connectivity index (χ4n) is 2.84. The van der Waals surface area contributed by atoms with E-state index >= 15 is 0 Å². The van der Waals surface area contributed by atoms with Crippen LogP contribution in [0.3, 0.4) is 0 Å². The molecule has 0 bridgehead atoms. The maximum absolute atomic E-state index is 12.5. The Morgan fingerprint density at radius 3 is 2.52 bits per heavy atom. The topological polar surface area (TPSA) is 52.7 Å². The van der Waals surface area contributed by atoms with Crippen molar-refractivity contribution >= 4 is 11.8 Å². The first-order valence-corrected chi connectivity index (χ1v) is 8.25. The van der Waals surface area contributed by atoms with Crippen LogP contribution in [0.25, 0.3) is 0 Å². The summed E-state index contributed by atoms with van der Waals surface area (Å²) < 4.78 is 0. The molecule has 1 N–H and O–H groups in total. The molecule has 0 aliphatic carbocycles. The maximum Gasteiger partial charge on any atom is 0.253 e. The number of hydrogen-bond donors (Lipinski definition) is 1. The van der Waals surface area contributed by atoms with Crippen molar-refractivity contribution in [1.82, 2.24) is 15.1 Å². The van der Waals surface area contributed by atoms with Gasteiger partial charge in [-0.15, -0.1) is 0 Å². The molecule has 1 aromatic rings. The van der Waals surface area contributed by atoms with Crippen molar-refractivity contribution in [1.29, 1.82) is 0 Å². The highest BCUT2D eigenvalue weighted by molar-refractivity contribution is 5.94. The Kier molecular flexibility index (Phi) is 5.77. The summed E-state index contributed by atoms with van der Waals surface area (Å²) >= 11 is 0. The number of piperazine rings is 1. The Labute approximate surface area is 138 Å². The summed E-state index contributed by atoms with van der Waals surface area (Å²) in [5.74, 6) is 0.201. The van der Waals surface area contributed by atoms with Gasteiger partial charge in [-0.3, -0.25) is 9.59 Å². The minimum atomic E-state index is -0.00412. The Hall–Kier alpha value is -1.88. The third kappa shape index (κ3) is 4.55. The highest BCUT2D eigenvalue weighted by Gasteiger charge is 2.21.